The Morgan fingerprint density at radius 3 is 2.48 bits per heavy atom. The second-order valence-corrected chi connectivity index (χ2v) is 5.96. The number of rotatable bonds is 2. The summed E-state index contributed by atoms with van der Waals surface area (Å²) in [5, 5.41) is 3.22. The van der Waals surface area contributed by atoms with Crippen LogP contribution in [-0.2, 0) is 6.42 Å². The molecule has 0 saturated heterocycles. The zero-order valence-corrected chi connectivity index (χ0v) is 13.0. The molecule has 2 nitrogen and oxygen atoms in total. The van der Waals surface area contributed by atoms with Crippen LogP contribution < -0.4 is 5.43 Å². The van der Waals surface area contributed by atoms with E-state index in [4.69, 9.17) is 0 Å². The molecule has 1 N–H and O–H groups in total. The molecule has 0 aliphatic carbocycles. The molecule has 0 atom stereocenters. The largest absolute Gasteiger partial charge is 0.358 e. The minimum absolute atomic E-state index is 0.120. The number of nitrogens with one attached hydrogen (secondary N) is 1. The van der Waals surface area contributed by atoms with Crippen molar-refractivity contribution in [3.63, 3.8) is 0 Å². The van der Waals surface area contributed by atoms with Gasteiger partial charge in [-0.3, -0.25) is 4.79 Å². The van der Waals surface area contributed by atoms with Gasteiger partial charge in [-0.1, -0.05) is 54.6 Å². The number of aromatic amines is 1. The minimum atomic E-state index is 0.120. The van der Waals surface area contributed by atoms with E-state index in [1.807, 2.05) is 37.3 Å². The number of para-hydroxylation sites is 1. The monoisotopic (exact) mass is 299 g/mol. The van der Waals surface area contributed by atoms with E-state index < -0.39 is 0 Å². The zero-order valence-electron chi connectivity index (χ0n) is 13.0. The molecule has 0 aliphatic rings. The molecule has 4 rings (SSSR count). The molecule has 23 heavy (non-hydrogen) atoms. The molecule has 2 heteroatoms. The Morgan fingerprint density at radius 1 is 0.870 bits per heavy atom. The summed E-state index contributed by atoms with van der Waals surface area (Å²) in [6, 6.07) is 22.5. The fourth-order valence-corrected chi connectivity index (χ4v) is 3.12. The van der Waals surface area contributed by atoms with E-state index in [-0.39, 0.29) is 5.43 Å². The first-order valence-electron chi connectivity index (χ1n) is 7.80. The highest BCUT2D eigenvalue weighted by atomic mass is 16.1. The van der Waals surface area contributed by atoms with Crippen molar-refractivity contribution >= 4 is 21.7 Å². The molecule has 4 aromatic rings. The highest BCUT2D eigenvalue weighted by Crippen LogP contribution is 2.19. The third-order valence-corrected chi connectivity index (χ3v) is 4.45. The van der Waals surface area contributed by atoms with Gasteiger partial charge in [-0.2, -0.15) is 0 Å². The Labute approximate surface area is 134 Å². The van der Waals surface area contributed by atoms with Crippen molar-refractivity contribution in [2.24, 2.45) is 0 Å². The molecule has 0 fully saturated rings. The molecule has 0 radical (unpaired) electrons. The fraction of sp³-hybridized carbons (Fsp3) is 0.0952. The van der Waals surface area contributed by atoms with Gasteiger partial charge in [0.1, 0.15) is 0 Å². The van der Waals surface area contributed by atoms with Gasteiger partial charge in [-0.15, -0.1) is 0 Å². The lowest BCUT2D eigenvalue weighted by atomic mass is 10.0. The number of hydrogen-bond donors (Lipinski definition) is 1. The quantitative estimate of drug-likeness (QED) is 0.577. The van der Waals surface area contributed by atoms with Crippen molar-refractivity contribution in [1.29, 1.82) is 0 Å². The summed E-state index contributed by atoms with van der Waals surface area (Å²) in [4.78, 5) is 16.0. The van der Waals surface area contributed by atoms with Gasteiger partial charge in [0.15, 0.2) is 5.43 Å². The highest BCUT2D eigenvalue weighted by Gasteiger charge is 2.08. The first kappa shape index (κ1) is 13.8. The van der Waals surface area contributed by atoms with E-state index in [1.165, 1.54) is 16.3 Å². The average molecular weight is 299 g/mol. The summed E-state index contributed by atoms with van der Waals surface area (Å²) in [5.41, 5.74) is 4.02. The predicted octanol–water partition coefficient (Wildman–Crippen LogP) is 4.58. The number of fused-ring (bicyclic) bond motifs is 2. The van der Waals surface area contributed by atoms with Crippen molar-refractivity contribution in [3.05, 3.63) is 93.8 Å². The van der Waals surface area contributed by atoms with Crippen LogP contribution in [0.2, 0.25) is 0 Å². The molecular weight excluding hydrogens is 282 g/mol. The standard InChI is InChI=1S/C21H17NO/c1-14-20(22-19-9-5-4-8-18(19)21(14)23)13-15-10-11-16-6-2-3-7-17(16)12-15/h2-12H,13H2,1H3,(H,22,23). The number of H-pyrrole nitrogens is 1. The van der Waals surface area contributed by atoms with E-state index >= 15 is 0 Å². The van der Waals surface area contributed by atoms with E-state index in [2.05, 4.69) is 41.4 Å². The maximum atomic E-state index is 12.5. The van der Waals surface area contributed by atoms with Gasteiger partial charge in [0, 0.05) is 28.6 Å². The lowest BCUT2D eigenvalue weighted by Crippen LogP contribution is -2.12. The Morgan fingerprint density at radius 2 is 1.61 bits per heavy atom. The maximum Gasteiger partial charge on any atom is 0.192 e. The lowest BCUT2D eigenvalue weighted by Gasteiger charge is -2.09. The Kier molecular flexibility index (Phi) is 3.23. The van der Waals surface area contributed by atoms with Crippen LogP contribution >= 0.6 is 0 Å². The molecule has 0 bridgehead atoms. The summed E-state index contributed by atoms with van der Waals surface area (Å²) in [6.45, 7) is 1.90. The van der Waals surface area contributed by atoms with Crippen LogP contribution in [0.25, 0.3) is 21.7 Å². The molecule has 0 saturated carbocycles. The molecule has 112 valence electrons. The molecule has 0 aliphatic heterocycles. The maximum absolute atomic E-state index is 12.5. The van der Waals surface area contributed by atoms with Crippen molar-refractivity contribution in [2.75, 3.05) is 0 Å². The van der Waals surface area contributed by atoms with Crippen molar-refractivity contribution < 1.29 is 0 Å². The van der Waals surface area contributed by atoms with Crippen molar-refractivity contribution in [2.45, 2.75) is 13.3 Å². The van der Waals surface area contributed by atoms with Crippen LogP contribution in [0.15, 0.2) is 71.5 Å². The molecule has 0 unspecified atom stereocenters. The molecule has 1 heterocycles. The van der Waals surface area contributed by atoms with Gasteiger partial charge in [0.25, 0.3) is 0 Å². The minimum Gasteiger partial charge on any atom is -0.358 e. The smallest absolute Gasteiger partial charge is 0.192 e. The molecule has 0 amide bonds. The SMILES string of the molecule is Cc1c(Cc2ccc3ccccc3c2)[nH]c2ccccc2c1=O. The van der Waals surface area contributed by atoms with E-state index in [0.717, 1.165) is 28.6 Å². The average Bonchev–Trinajstić information content (AvgIpc) is 2.59. The topological polar surface area (TPSA) is 32.9 Å². The summed E-state index contributed by atoms with van der Waals surface area (Å²) >= 11 is 0. The van der Waals surface area contributed by atoms with Gasteiger partial charge < -0.3 is 4.98 Å². The third kappa shape index (κ3) is 2.42. The molecular formula is C21H17NO. The second-order valence-electron chi connectivity index (χ2n) is 5.96. The molecule has 1 aromatic heterocycles. The normalized spacial score (nSPS) is 11.2. The number of hydrogen-bond acceptors (Lipinski definition) is 1. The zero-order chi connectivity index (χ0) is 15.8. The predicted molar refractivity (Wildman–Crippen MR) is 96.1 cm³/mol. The molecule has 3 aromatic carbocycles. The Bertz CT molecular complexity index is 1080. The van der Waals surface area contributed by atoms with Crippen molar-refractivity contribution in [3.8, 4) is 0 Å². The van der Waals surface area contributed by atoms with E-state index in [0.29, 0.717) is 0 Å². The van der Waals surface area contributed by atoms with Gasteiger partial charge >= 0.3 is 0 Å². The van der Waals surface area contributed by atoms with Gasteiger partial charge in [-0.05, 0) is 35.4 Å². The lowest BCUT2D eigenvalue weighted by molar-refractivity contribution is 1.06. The van der Waals surface area contributed by atoms with Crippen LogP contribution in [0.5, 0.6) is 0 Å². The highest BCUT2D eigenvalue weighted by molar-refractivity contribution is 5.83. The van der Waals surface area contributed by atoms with Gasteiger partial charge in [-0.25, -0.2) is 0 Å². The van der Waals surface area contributed by atoms with Crippen LogP contribution in [0.3, 0.4) is 0 Å². The second kappa shape index (κ2) is 5.40. The number of aromatic nitrogens is 1. The molecule has 0 spiro atoms. The van der Waals surface area contributed by atoms with Crippen LogP contribution in [0.1, 0.15) is 16.8 Å². The summed E-state index contributed by atoms with van der Waals surface area (Å²) in [7, 11) is 0. The first-order chi connectivity index (χ1) is 11.2. The first-order valence-corrected chi connectivity index (χ1v) is 7.80. The van der Waals surface area contributed by atoms with Gasteiger partial charge in [0.05, 0.1) is 0 Å². The van der Waals surface area contributed by atoms with Crippen LogP contribution in [-0.4, -0.2) is 4.98 Å². The Hall–Kier alpha value is -2.87. The summed E-state index contributed by atoms with van der Waals surface area (Å²) in [5.74, 6) is 0. The van der Waals surface area contributed by atoms with E-state index in [9.17, 15) is 4.79 Å². The number of benzene rings is 3. The summed E-state index contributed by atoms with van der Waals surface area (Å²) in [6.07, 6.45) is 0.733. The van der Waals surface area contributed by atoms with Gasteiger partial charge in [0.2, 0.25) is 0 Å². The van der Waals surface area contributed by atoms with Crippen LogP contribution in [0.4, 0.5) is 0 Å². The summed E-state index contributed by atoms with van der Waals surface area (Å²) < 4.78 is 0. The Balaban J connectivity index is 1.82. The number of pyridine rings is 1. The fourth-order valence-electron chi connectivity index (χ4n) is 3.12. The van der Waals surface area contributed by atoms with E-state index in [1.54, 1.807) is 0 Å². The van der Waals surface area contributed by atoms with Crippen LogP contribution in [0, 0.1) is 6.92 Å². The third-order valence-electron chi connectivity index (χ3n) is 4.45. The van der Waals surface area contributed by atoms with Crippen molar-refractivity contribution in [1.82, 2.24) is 4.98 Å².